The number of esters is 1. The van der Waals surface area contributed by atoms with Crippen LogP contribution in [0.25, 0.3) is 0 Å². The van der Waals surface area contributed by atoms with Crippen LogP contribution in [0.4, 0.5) is 0 Å². The number of ether oxygens (including phenoxy) is 4. The maximum Gasteiger partial charge on any atom is 0.335 e. The highest BCUT2D eigenvalue weighted by molar-refractivity contribution is 7.86. The summed E-state index contributed by atoms with van der Waals surface area (Å²) < 4.78 is 52.6. The Balaban J connectivity index is 1.56. The molecule has 2 aliphatic rings. The zero-order valence-corrected chi connectivity index (χ0v) is 17.9. The Morgan fingerprint density at radius 2 is 1.84 bits per heavy atom. The van der Waals surface area contributed by atoms with Crippen molar-refractivity contribution in [2.75, 3.05) is 13.9 Å². The molecule has 0 saturated heterocycles. The van der Waals surface area contributed by atoms with Crippen LogP contribution in [-0.4, -0.2) is 40.5 Å². The van der Waals surface area contributed by atoms with Crippen LogP contribution < -0.4 is 9.47 Å². The number of carbonyl (C=O) groups is 1. The fourth-order valence-corrected chi connectivity index (χ4v) is 4.53. The van der Waals surface area contributed by atoms with Crippen LogP contribution in [0, 0.1) is 6.92 Å². The van der Waals surface area contributed by atoms with E-state index in [-0.39, 0.29) is 23.9 Å². The van der Waals surface area contributed by atoms with Gasteiger partial charge < -0.3 is 18.9 Å². The SMILES string of the molecule is COC1=CC(=O)O[C@H]1[C@H](CCc1ccc2c(c1)OCO2)OS(=O)(=O)c1ccc(C)cc1. The molecule has 0 aromatic heterocycles. The van der Waals surface area contributed by atoms with Gasteiger partial charge in [0.05, 0.1) is 18.1 Å². The van der Waals surface area contributed by atoms with Crippen molar-refractivity contribution < 1.29 is 36.3 Å². The van der Waals surface area contributed by atoms with Gasteiger partial charge in [-0.15, -0.1) is 0 Å². The van der Waals surface area contributed by atoms with Crippen molar-refractivity contribution in [3.8, 4) is 11.5 Å². The fraction of sp³-hybridized carbons (Fsp3) is 0.318. The van der Waals surface area contributed by atoms with Crippen molar-refractivity contribution >= 4 is 16.1 Å². The molecule has 2 heterocycles. The Labute approximate surface area is 180 Å². The van der Waals surface area contributed by atoms with E-state index in [4.69, 9.17) is 23.1 Å². The molecule has 0 bridgehead atoms. The van der Waals surface area contributed by atoms with Gasteiger partial charge >= 0.3 is 5.97 Å². The van der Waals surface area contributed by atoms with Crippen molar-refractivity contribution in [2.24, 2.45) is 0 Å². The predicted molar refractivity (Wildman–Crippen MR) is 109 cm³/mol. The molecule has 2 atom stereocenters. The summed E-state index contributed by atoms with van der Waals surface area (Å²) >= 11 is 0. The van der Waals surface area contributed by atoms with Gasteiger partial charge in [-0.25, -0.2) is 4.79 Å². The summed E-state index contributed by atoms with van der Waals surface area (Å²) in [6.07, 6.45) is -0.0414. The molecule has 0 N–H and O–H groups in total. The molecule has 2 aromatic rings. The van der Waals surface area contributed by atoms with E-state index in [0.717, 1.165) is 11.1 Å². The summed E-state index contributed by atoms with van der Waals surface area (Å²) in [6.45, 7) is 2.03. The van der Waals surface area contributed by atoms with Crippen molar-refractivity contribution in [1.82, 2.24) is 0 Å². The van der Waals surface area contributed by atoms with E-state index in [0.29, 0.717) is 17.9 Å². The first-order valence-corrected chi connectivity index (χ1v) is 11.1. The summed E-state index contributed by atoms with van der Waals surface area (Å²) in [6, 6.07) is 11.8. The van der Waals surface area contributed by atoms with Crippen LogP contribution in [-0.2, 0) is 35.0 Å². The van der Waals surface area contributed by atoms with Gasteiger partial charge in [-0.05, 0) is 49.6 Å². The molecule has 31 heavy (non-hydrogen) atoms. The van der Waals surface area contributed by atoms with E-state index < -0.39 is 28.3 Å². The average Bonchev–Trinajstić information content (AvgIpc) is 3.37. The van der Waals surface area contributed by atoms with Gasteiger partial charge in [-0.3, -0.25) is 4.18 Å². The Morgan fingerprint density at radius 1 is 1.10 bits per heavy atom. The minimum absolute atomic E-state index is 0.0263. The van der Waals surface area contributed by atoms with Crippen LogP contribution in [0.1, 0.15) is 17.5 Å². The van der Waals surface area contributed by atoms with Crippen molar-refractivity contribution in [1.29, 1.82) is 0 Å². The second-order valence-corrected chi connectivity index (χ2v) is 8.81. The third-order valence-corrected chi connectivity index (χ3v) is 6.42. The summed E-state index contributed by atoms with van der Waals surface area (Å²) in [4.78, 5) is 11.8. The molecule has 2 aromatic carbocycles. The van der Waals surface area contributed by atoms with E-state index in [1.54, 1.807) is 18.2 Å². The number of methoxy groups -OCH3 is 1. The number of rotatable bonds is 8. The van der Waals surface area contributed by atoms with E-state index in [2.05, 4.69) is 0 Å². The maximum atomic E-state index is 12.9. The van der Waals surface area contributed by atoms with E-state index >= 15 is 0 Å². The number of aryl methyl sites for hydroxylation is 2. The molecule has 0 radical (unpaired) electrons. The van der Waals surface area contributed by atoms with Gasteiger partial charge in [0.15, 0.2) is 17.6 Å². The van der Waals surface area contributed by atoms with Crippen LogP contribution in [0.5, 0.6) is 11.5 Å². The monoisotopic (exact) mass is 446 g/mol. The standard InChI is InChI=1S/C22H22O8S/c1-14-3-7-16(8-4-14)31(24,25)30-18(22-20(26-2)12-21(23)29-22)10-6-15-5-9-17-19(11-15)28-13-27-17/h3-5,7-9,11-12,18,22H,6,10,13H2,1-2H3/t18-,22-/m0/s1. The average molecular weight is 446 g/mol. The van der Waals surface area contributed by atoms with Crippen LogP contribution >= 0.6 is 0 Å². The van der Waals surface area contributed by atoms with Gasteiger partial charge in [0, 0.05) is 0 Å². The van der Waals surface area contributed by atoms with Crippen molar-refractivity contribution in [2.45, 2.75) is 36.9 Å². The van der Waals surface area contributed by atoms with Gasteiger partial charge in [-0.2, -0.15) is 8.42 Å². The third-order valence-electron chi connectivity index (χ3n) is 5.07. The lowest BCUT2D eigenvalue weighted by molar-refractivity contribution is -0.143. The number of fused-ring (bicyclic) bond motifs is 1. The number of benzene rings is 2. The summed E-state index contributed by atoms with van der Waals surface area (Å²) in [7, 11) is -2.70. The first-order chi connectivity index (χ1) is 14.9. The predicted octanol–water partition coefficient (Wildman–Crippen LogP) is 2.89. The summed E-state index contributed by atoms with van der Waals surface area (Å²) in [5.74, 6) is 0.908. The summed E-state index contributed by atoms with van der Waals surface area (Å²) in [5, 5.41) is 0. The molecule has 8 nitrogen and oxygen atoms in total. The zero-order chi connectivity index (χ0) is 22.0. The second-order valence-electron chi connectivity index (χ2n) is 7.24. The second kappa shape index (κ2) is 8.60. The Morgan fingerprint density at radius 3 is 2.58 bits per heavy atom. The lowest BCUT2D eigenvalue weighted by Crippen LogP contribution is -2.34. The molecule has 0 fully saturated rings. The van der Waals surface area contributed by atoms with Gasteiger partial charge in [0.2, 0.25) is 6.79 Å². The number of hydrogen-bond acceptors (Lipinski definition) is 8. The van der Waals surface area contributed by atoms with E-state index in [1.165, 1.54) is 25.3 Å². The normalized spacial score (nSPS) is 18.5. The van der Waals surface area contributed by atoms with Gasteiger partial charge in [0.1, 0.15) is 11.9 Å². The largest absolute Gasteiger partial charge is 0.497 e. The molecular weight excluding hydrogens is 424 g/mol. The molecule has 164 valence electrons. The molecule has 0 amide bonds. The highest BCUT2D eigenvalue weighted by Gasteiger charge is 2.38. The Bertz CT molecular complexity index is 1100. The quantitative estimate of drug-likeness (QED) is 0.451. The van der Waals surface area contributed by atoms with Crippen LogP contribution in [0.2, 0.25) is 0 Å². The number of cyclic esters (lactones) is 1. The van der Waals surface area contributed by atoms with Gasteiger partial charge in [-0.1, -0.05) is 23.8 Å². The molecule has 4 rings (SSSR count). The van der Waals surface area contributed by atoms with E-state index in [1.807, 2.05) is 19.1 Å². The molecule has 2 aliphatic heterocycles. The van der Waals surface area contributed by atoms with Gasteiger partial charge in [0.25, 0.3) is 10.1 Å². The Kier molecular flexibility index (Phi) is 5.88. The first kappa shape index (κ1) is 21.2. The topological polar surface area (TPSA) is 97.4 Å². The minimum atomic E-state index is -4.10. The highest BCUT2D eigenvalue weighted by atomic mass is 32.2. The molecule has 0 saturated carbocycles. The Hall–Kier alpha value is -3.04. The smallest absolute Gasteiger partial charge is 0.335 e. The molecule has 0 spiro atoms. The molecule has 0 unspecified atom stereocenters. The molecule has 9 heteroatoms. The first-order valence-electron chi connectivity index (χ1n) is 9.70. The van der Waals surface area contributed by atoms with Crippen molar-refractivity contribution in [3.05, 3.63) is 65.4 Å². The van der Waals surface area contributed by atoms with Crippen molar-refractivity contribution in [3.63, 3.8) is 0 Å². The molecule has 0 aliphatic carbocycles. The fourth-order valence-electron chi connectivity index (χ4n) is 3.43. The maximum absolute atomic E-state index is 12.9. The lowest BCUT2D eigenvalue weighted by atomic mass is 10.0. The third kappa shape index (κ3) is 4.67. The summed E-state index contributed by atoms with van der Waals surface area (Å²) in [5.41, 5.74) is 1.82. The van der Waals surface area contributed by atoms with Crippen LogP contribution in [0.3, 0.4) is 0 Å². The highest BCUT2D eigenvalue weighted by Crippen LogP contribution is 2.34. The van der Waals surface area contributed by atoms with Crippen LogP contribution in [0.15, 0.2) is 59.2 Å². The van der Waals surface area contributed by atoms with E-state index in [9.17, 15) is 13.2 Å². The molecular formula is C22H22O8S. The number of carbonyl (C=O) groups excluding carboxylic acids is 1. The lowest BCUT2D eigenvalue weighted by Gasteiger charge is -2.24. The minimum Gasteiger partial charge on any atom is -0.497 e. The zero-order valence-electron chi connectivity index (χ0n) is 17.1. The number of hydrogen-bond donors (Lipinski definition) is 0.